The lowest BCUT2D eigenvalue weighted by atomic mass is 10.6. The highest BCUT2D eigenvalue weighted by molar-refractivity contribution is 6.90. The van der Waals surface area contributed by atoms with E-state index in [9.17, 15) is 0 Å². The van der Waals surface area contributed by atoms with E-state index in [4.69, 9.17) is 0 Å². The molecule has 1 aliphatic heterocycles. The Bertz CT molecular complexity index is 138. The first-order valence-corrected chi connectivity index (χ1v) is 5.82. The van der Waals surface area contributed by atoms with Gasteiger partial charge in [0.25, 0.3) is 0 Å². The zero-order valence-electron chi connectivity index (χ0n) is 5.64. The zero-order valence-corrected chi connectivity index (χ0v) is 6.64. The maximum Gasteiger partial charge on any atom is 0.108 e. The average Bonchev–Trinajstić information content (AvgIpc) is 2.36. The van der Waals surface area contributed by atoms with Gasteiger partial charge in [-0.1, -0.05) is 23.6 Å². The quantitative estimate of drug-likeness (QED) is 0.404. The van der Waals surface area contributed by atoms with Gasteiger partial charge >= 0.3 is 0 Å². The Hall–Kier alpha value is -0.563. The molecule has 1 heteroatoms. The highest BCUT2D eigenvalue weighted by Gasteiger charge is 2.25. The van der Waals surface area contributed by atoms with Gasteiger partial charge in [0.1, 0.15) is 8.07 Å². The fourth-order valence-corrected chi connectivity index (χ4v) is 3.32. The van der Waals surface area contributed by atoms with Crippen molar-refractivity contribution in [2.75, 3.05) is 0 Å². The second-order valence-electron chi connectivity index (χ2n) is 2.52. The van der Waals surface area contributed by atoms with Crippen molar-refractivity contribution >= 4 is 8.07 Å². The van der Waals surface area contributed by atoms with E-state index in [2.05, 4.69) is 36.7 Å². The van der Waals surface area contributed by atoms with Crippen LogP contribution in [0.2, 0.25) is 12.1 Å². The van der Waals surface area contributed by atoms with Crippen LogP contribution in [0.4, 0.5) is 0 Å². The summed E-state index contributed by atoms with van der Waals surface area (Å²) in [7, 11) is -1.16. The van der Waals surface area contributed by atoms with Crippen LogP contribution in [0.5, 0.6) is 0 Å². The van der Waals surface area contributed by atoms with Gasteiger partial charge in [0.15, 0.2) is 0 Å². The zero-order chi connectivity index (χ0) is 6.74. The summed E-state index contributed by atoms with van der Waals surface area (Å²) in [6, 6.07) is 2.44. The molecule has 0 bridgehead atoms. The molecule has 0 saturated carbocycles. The van der Waals surface area contributed by atoms with Crippen LogP contribution < -0.4 is 0 Å². The smallest absolute Gasteiger partial charge is 0.107 e. The van der Waals surface area contributed by atoms with E-state index in [0.717, 1.165) is 0 Å². The van der Waals surface area contributed by atoms with E-state index >= 15 is 0 Å². The summed E-state index contributed by atoms with van der Waals surface area (Å²) in [4.78, 5) is 0. The Labute approximate surface area is 57.6 Å². The highest BCUT2D eigenvalue weighted by Crippen LogP contribution is 2.24. The van der Waals surface area contributed by atoms with Crippen LogP contribution in [0.3, 0.4) is 0 Å². The van der Waals surface area contributed by atoms with Gasteiger partial charge in [0.05, 0.1) is 0 Å². The molecule has 0 saturated heterocycles. The van der Waals surface area contributed by atoms with Crippen molar-refractivity contribution in [3.63, 3.8) is 0 Å². The van der Waals surface area contributed by atoms with Gasteiger partial charge in [-0.2, -0.15) is 0 Å². The second kappa shape index (κ2) is 2.36. The topological polar surface area (TPSA) is 0 Å². The number of hydrogen-bond acceptors (Lipinski definition) is 0. The summed E-state index contributed by atoms with van der Waals surface area (Å²) >= 11 is 0. The van der Waals surface area contributed by atoms with E-state index in [1.54, 1.807) is 0 Å². The fraction of sp³-hybridized carbons (Fsp3) is 0.250. The highest BCUT2D eigenvalue weighted by atomic mass is 28.3. The van der Waals surface area contributed by atoms with Gasteiger partial charge in [-0.25, -0.2) is 0 Å². The molecule has 0 spiro atoms. The Balaban J connectivity index is 2.71. The number of hydrogen-bond donors (Lipinski definition) is 0. The van der Waals surface area contributed by atoms with Gasteiger partial charge in [-0.15, -0.1) is 13.2 Å². The van der Waals surface area contributed by atoms with Gasteiger partial charge in [-0.3, -0.25) is 0 Å². The lowest BCUT2D eigenvalue weighted by Gasteiger charge is -2.14. The van der Waals surface area contributed by atoms with Crippen LogP contribution in [0.1, 0.15) is 0 Å². The average molecular weight is 136 g/mol. The monoisotopic (exact) mass is 136 g/mol. The predicted octanol–water partition coefficient (Wildman–Crippen LogP) is 2.46. The molecule has 9 heavy (non-hydrogen) atoms. The summed E-state index contributed by atoms with van der Waals surface area (Å²) in [6.45, 7) is 7.67. The maximum atomic E-state index is 3.84. The van der Waals surface area contributed by atoms with Crippen molar-refractivity contribution < 1.29 is 0 Å². The molecule has 0 atom stereocenters. The number of rotatable bonds is 2. The Morgan fingerprint density at radius 3 is 1.78 bits per heavy atom. The standard InChI is InChI=1S/C8H12Si/c1-3-9(4-2)7-5-6-8-9/h3-6H,1-2,7-8H2. The SMILES string of the molecule is C=C[Si]1(C=C)CC=CC1. The summed E-state index contributed by atoms with van der Waals surface area (Å²) in [6.07, 6.45) is 4.49. The van der Waals surface area contributed by atoms with E-state index in [-0.39, 0.29) is 0 Å². The van der Waals surface area contributed by atoms with Crippen LogP contribution in [0.25, 0.3) is 0 Å². The molecule has 0 radical (unpaired) electrons. The fourth-order valence-electron chi connectivity index (χ4n) is 1.11. The van der Waals surface area contributed by atoms with Crippen molar-refractivity contribution in [2.24, 2.45) is 0 Å². The van der Waals surface area contributed by atoms with Crippen LogP contribution in [-0.2, 0) is 0 Å². The molecular weight excluding hydrogens is 124 g/mol. The third kappa shape index (κ3) is 1.05. The van der Waals surface area contributed by atoms with E-state index < -0.39 is 8.07 Å². The molecule has 0 aromatic carbocycles. The van der Waals surface area contributed by atoms with Crippen LogP contribution in [0, 0.1) is 0 Å². The first-order chi connectivity index (χ1) is 4.33. The van der Waals surface area contributed by atoms with Gasteiger partial charge in [0.2, 0.25) is 0 Å². The van der Waals surface area contributed by atoms with Crippen molar-refractivity contribution in [3.8, 4) is 0 Å². The summed E-state index contributed by atoms with van der Waals surface area (Å²) in [5, 5.41) is 0. The molecular formula is C8H12Si. The Kier molecular flexibility index (Phi) is 1.72. The normalized spacial score (nSPS) is 21.8. The molecule has 1 rings (SSSR count). The first-order valence-electron chi connectivity index (χ1n) is 3.25. The largest absolute Gasteiger partial charge is 0.108 e. The van der Waals surface area contributed by atoms with Gasteiger partial charge in [-0.05, 0) is 12.1 Å². The van der Waals surface area contributed by atoms with Gasteiger partial charge in [0, 0.05) is 0 Å². The number of allylic oxidation sites excluding steroid dienone is 2. The molecule has 0 N–H and O–H groups in total. The molecule has 0 amide bonds. The third-order valence-electron chi connectivity index (χ3n) is 1.98. The van der Waals surface area contributed by atoms with Crippen LogP contribution >= 0.6 is 0 Å². The molecule has 0 aromatic heterocycles. The van der Waals surface area contributed by atoms with Crippen LogP contribution in [0.15, 0.2) is 36.7 Å². The third-order valence-corrected chi connectivity index (χ3v) is 5.59. The van der Waals surface area contributed by atoms with E-state index in [0.29, 0.717) is 0 Å². The molecule has 0 fully saturated rings. The minimum Gasteiger partial charge on any atom is -0.107 e. The summed E-state index contributed by atoms with van der Waals surface area (Å²) < 4.78 is 0. The minimum atomic E-state index is -1.16. The Morgan fingerprint density at radius 1 is 1.11 bits per heavy atom. The Morgan fingerprint density at radius 2 is 1.56 bits per heavy atom. The minimum absolute atomic E-state index is 1.16. The maximum absolute atomic E-state index is 3.84. The molecule has 48 valence electrons. The van der Waals surface area contributed by atoms with Crippen molar-refractivity contribution in [1.82, 2.24) is 0 Å². The summed E-state index contributed by atoms with van der Waals surface area (Å²) in [5.74, 6) is 0. The lowest BCUT2D eigenvalue weighted by molar-refractivity contribution is 1.62. The molecule has 1 heterocycles. The van der Waals surface area contributed by atoms with Crippen molar-refractivity contribution in [1.29, 1.82) is 0 Å². The van der Waals surface area contributed by atoms with Gasteiger partial charge < -0.3 is 0 Å². The van der Waals surface area contributed by atoms with Crippen molar-refractivity contribution in [2.45, 2.75) is 12.1 Å². The lowest BCUT2D eigenvalue weighted by Crippen LogP contribution is -2.24. The molecule has 0 aromatic rings. The predicted molar refractivity (Wildman–Crippen MR) is 44.9 cm³/mol. The van der Waals surface area contributed by atoms with Crippen molar-refractivity contribution in [3.05, 3.63) is 36.7 Å². The van der Waals surface area contributed by atoms with Crippen LogP contribution in [-0.4, -0.2) is 8.07 Å². The molecule has 0 nitrogen and oxygen atoms in total. The first kappa shape index (κ1) is 6.56. The molecule has 1 aliphatic rings. The summed E-state index contributed by atoms with van der Waals surface area (Å²) in [5.41, 5.74) is 4.25. The second-order valence-corrected chi connectivity index (χ2v) is 6.62. The molecule has 0 unspecified atom stereocenters. The van der Waals surface area contributed by atoms with E-state index in [1.165, 1.54) is 12.1 Å². The molecule has 0 aliphatic carbocycles. The van der Waals surface area contributed by atoms with E-state index in [1.807, 2.05) is 0 Å².